The highest BCUT2D eigenvalue weighted by Gasteiger charge is 2.09. The third-order valence-electron chi connectivity index (χ3n) is 7.28. The molecule has 3 heteroatoms. The Morgan fingerprint density at radius 2 is 1.31 bits per heavy atom. The van der Waals surface area contributed by atoms with Crippen LogP contribution in [0.1, 0.15) is 148 Å². The second-order valence-electron chi connectivity index (χ2n) is 10.6. The highest BCUT2D eigenvalue weighted by Crippen LogP contribution is 2.17. The van der Waals surface area contributed by atoms with Gasteiger partial charge in [-0.2, -0.15) is 0 Å². The zero-order valence-electron chi connectivity index (χ0n) is 23.2. The molecule has 0 amide bonds. The topological polar surface area (TPSA) is 46.5 Å². The van der Waals surface area contributed by atoms with Crippen molar-refractivity contribution in [2.24, 2.45) is 5.92 Å². The summed E-state index contributed by atoms with van der Waals surface area (Å²) in [5.41, 5.74) is 1.25. The molecule has 0 fully saturated rings. The average molecular weight is 489 g/mol. The molecule has 0 aliphatic carbocycles. The molecule has 202 valence electrons. The molecule has 1 atom stereocenters. The van der Waals surface area contributed by atoms with E-state index in [4.69, 9.17) is 4.74 Å². The number of rotatable bonds is 24. The maximum absolute atomic E-state index is 11.9. The van der Waals surface area contributed by atoms with Crippen LogP contribution >= 0.6 is 0 Å². The molecule has 0 saturated carbocycles. The van der Waals surface area contributed by atoms with E-state index in [1.165, 1.54) is 108 Å². The summed E-state index contributed by atoms with van der Waals surface area (Å²) in [6.07, 6.45) is 26.0. The molecule has 0 radical (unpaired) electrons. The molecule has 35 heavy (non-hydrogen) atoms. The van der Waals surface area contributed by atoms with Crippen molar-refractivity contribution in [2.75, 3.05) is 6.61 Å². The number of carbonyl (C=O) groups is 1. The predicted octanol–water partition coefficient (Wildman–Crippen LogP) is 9.94. The van der Waals surface area contributed by atoms with Crippen LogP contribution in [0.25, 0.3) is 0 Å². The number of aromatic hydroxyl groups is 1. The first-order valence-corrected chi connectivity index (χ1v) is 15.1. The molecular weight excluding hydrogens is 432 g/mol. The molecule has 1 unspecified atom stereocenters. The summed E-state index contributed by atoms with van der Waals surface area (Å²) in [5, 5.41) is 9.50. The van der Waals surface area contributed by atoms with E-state index in [9.17, 15) is 9.90 Å². The Morgan fingerprint density at radius 1 is 0.771 bits per heavy atom. The molecule has 0 heterocycles. The van der Waals surface area contributed by atoms with Gasteiger partial charge in [0.25, 0.3) is 0 Å². The van der Waals surface area contributed by atoms with Gasteiger partial charge in [0, 0.05) is 6.42 Å². The molecular formula is C32H56O3. The van der Waals surface area contributed by atoms with Crippen molar-refractivity contribution in [2.45, 2.75) is 149 Å². The van der Waals surface area contributed by atoms with Crippen LogP contribution in [-0.2, 0) is 16.0 Å². The first-order chi connectivity index (χ1) is 17.2. The van der Waals surface area contributed by atoms with Crippen molar-refractivity contribution in [3.8, 4) is 5.75 Å². The standard InChI is InChI=1S/C32H56O3/c1-3-5-22-29(4-2)28-35-32(34)26-20-18-16-14-12-10-8-6-7-9-11-13-15-17-19-23-30-24-21-25-31(33)27-30/h21,24-25,27,29,33H,3-20,22-23,26,28H2,1-2H3. The number of unbranched alkanes of at least 4 members (excludes halogenated alkanes) is 15. The van der Waals surface area contributed by atoms with Crippen LogP contribution in [0.15, 0.2) is 24.3 Å². The summed E-state index contributed by atoms with van der Waals surface area (Å²) in [4.78, 5) is 11.9. The van der Waals surface area contributed by atoms with E-state index in [2.05, 4.69) is 19.9 Å². The third kappa shape index (κ3) is 19.4. The lowest BCUT2D eigenvalue weighted by molar-refractivity contribution is -0.145. The quantitative estimate of drug-likeness (QED) is 0.116. The van der Waals surface area contributed by atoms with Gasteiger partial charge >= 0.3 is 5.97 Å². The van der Waals surface area contributed by atoms with Gasteiger partial charge in [-0.15, -0.1) is 0 Å². The van der Waals surface area contributed by atoms with E-state index in [0.29, 0.717) is 24.7 Å². The van der Waals surface area contributed by atoms with Crippen molar-refractivity contribution in [1.29, 1.82) is 0 Å². The van der Waals surface area contributed by atoms with E-state index in [0.717, 1.165) is 25.7 Å². The maximum Gasteiger partial charge on any atom is 0.305 e. The van der Waals surface area contributed by atoms with Gasteiger partial charge < -0.3 is 9.84 Å². The number of aryl methyl sites for hydroxylation is 1. The van der Waals surface area contributed by atoms with E-state index in [-0.39, 0.29) is 5.97 Å². The molecule has 1 rings (SSSR count). The van der Waals surface area contributed by atoms with Gasteiger partial charge in [0.15, 0.2) is 0 Å². The normalized spacial score (nSPS) is 12.1. The highest BCUT2D eigenvalue weighted by atomic mass is 16.5. The van der Waals surface area contributed by atoms with Crippen LogP contribution in [0.4, 0.5) is 0 Å². The number of hydrogen-bond donors (Lipinski definition) is 1. The number of carbonyl (C=O) groups excluding carboxylic acids is 1. The number of esters is 1. The van der Waals surface area contributed by atoms with Crippen LogP contribution in [-0.4, -0.2) is 17.7 Å². The number of phenolic OH excluding ortho intramolecular Hbond substituents is 1. The van der Waals surface area contributed by atoms with Crippen molar-refractivity contribution >= 4 is 5.97 Å². The lowest BCUT2D eigenvalue weighted by atomic mass is 10.0. The first kappa shape index (κ1) is 31.5. The Morgan fingerprint density at radius 3 is 1.83 bits per heavy atom. The van der Waals surface area contributed by atoms with Crippen LogP contribution in [0.2, 0.25) is 0 Å². The van der Waals surface area contributed by atoms with Gasteiger partial charge in [0.1, 0.15) is 5.75 Å². The summed E-state index contributed by atoms with van der Waals surface area (Å²) >= 11 is 0. The largest absolute Gasteiger partial charge is 0.508 e. The number of benzene rings is 1. The fraction of sp³-hybridized carbons (Fsp3) is 0.781. The number of phenols is 1. The molecule has 0 bridgehead atoms. The second-order valence-corrected chi connectivity index (χ2v) is 10.6. The summed E-state index contributed by atoms with van der Waals surface area (Å²) in [6, 6.07) is 7.67. The zero-order chi connectivity index (χ0) is 25.4. The van der Waals surface area contributed by atoms with Crippen LogP contribution in [0.5, 0.6) is 5.75 Å². The van der Waals surface area contributed by atoms with E-state index >= 15 is 0 Å². The summed E-state index contributed by atoms with van der Waals surface area (Å²) in [6.45, 7) is 5.03. The molecule has 1 aromatic carbocycles. The Hall–Kier alpha value is -1.51. The molecule has 0 aliphatic rings. The van der Waals surface area contributed by atoms with Gasteiger partial charge in [-0.3, -0.25) is 4.79 Å². The van der Waals surface area contributed by atoms with Gasteiger partial charge in [0.2, 0.25) is 0 Å². The Kier molecular flexibility index (Phi) is 20.6. The van der Waals surface area contributed by atoms with Crippen molar-refractivity contribution in [3.63, 3.8) is 0 Å². The van der Waals surface area contributed by atoms with E-state index in [1.807, 2.05) is 12.1 Å². The van der Waals surface area contributed by atoms with Crippen LogP contribution < -0.4 is 0 Å². The summed E-state index contributed by atoms with van der Waals surface area (Å²) < 4.78 is 5.49. The average Bonchev–Trinajstić information content (AvgIpc) is 2.86. The third-order valence-corrected chi connectivity index (χ3v) is 7.28. The van der Waals surface area contributed by atoms with Gasteiger partial charge in [-0.1, -0.05) is 129 Å². The molecule has 0 aliphatic heterocycles. The minimum atomic E-state index is 0.00767. The van der Waals surface area contributed by atoms with Crippen LogP contribution in [0, 0.1) is 5.92 Å². The zero-order valence-corrected chi connectivity index (χ0v) is 23.2. The number of ether oxygens (including phenoxy) is 1. The van der Waals surface area contributed by atoms with Crippen LogP contribution in [0.3, 0.4) is 0 Å². The lowest BCUT2D eigenvalue weighted by Gasteiger charge is -2.14. The minimum absolute atomic E-state index is 0.00767. The predicted molar refractivity (Wildman–Crippen MR) is 150 cm³/mol. The van der Waals surface area contributed by atoms with Gasteiger partial charge in [-0.05, 0) is 49.3 Å². The monoisotopic (exact) mass is 488 g/mol. The van der Waals surface area contributed by atoms with Crippen molar-refractivity contribution in [3.05, 3.63) is 29.8 Å². The van der Waals surface area contributed by atoms with Gasteiger partial charge in [0.05, 0.1) is 6.61 Å². The molecule has 1 N–H and O–H groups in total. The Bertz CT molecular complexity index is 613. The van der Waals surface area contributed by atoms with Gasteiger partial charge in [-0.25, -0.2) is 0 Å². The molecule has 0 spiro atoms. The van der Waals surface area contributed by atoms with Crippen molar-refractivity contribution in [1.82, 2.24) is 0 Å². The fourth-order valence-electron chi connectivity index (χ4n) is 4.79. The summed E-state index contributed by atoms with van der Waals surface area (Å²) in [7, 11) is 0. The minimum Gasteiger partial charge on any atom is -0.508 e. The van der Waals surface area contributed by atoms with Crippen molar-refractivity contribution < 1.29 is 14.6 Å². The highest BCUT2D eigenvalue weighted by molar-refractivity contribution is 5.69. The van der Waals surface area contributed by atoms with E-state index in [1.54, 1.807) is 6.07 Å². The Labute approximate surface area is 217 Å². The molecule has 3 nitrogen and oxygen atoms in total. The summed E-state index contributed by atoms with van der Waals surface area (Å²) in [5.74, 6) is 0.940. The second kappa shape index (κ2) is 22.9. The molecule has 0 aromatic heterocycles. The smallest absolute Gasteiger partial charge is 0.305 e. The first-order valence-electron chi connectivity index (χ1n) is 15.1. The number of hydrogen-bond acceptors (Lipinski definition) is 3. The molecule has 0 saturated heterocycles. The molecule has 1 aromatic rings. The Balaban J connectivity index is 1.77. The lowest BCUT2D eigenvalue weighted by Crippen LogP contribution is -2.13. The maximum atomic E-state index is 11.9. The SMILES string of the molecule is CCCCC(CC)COC(=O)CCCCCCCCCCCCCCCCCc1cccc(O)c1. The van der Waals surface area contributed by atoms with E-state index < -0.39 is 0 Å². The fourth-order valence-corrected chi connectivity index (χ4v) is 4.79.